The first-order chi connectivity index (χ1) is 7.58. The first-order valence-electron chi connectivity index (χ1n) is 4.65. The number of nitrogens with one attached hydrogen (secondary N) is 1. The van der Waals surface area contributed by atoms with E-state index in [0.29, 0.717) is 28.6 Å². The lowest BCUT2D eigenvalue weighted by Gasteiger charge is -2.13. The summed E-state index contributed by atoms with van der Waals surface area (Å²) in [4.78, 5) is 10.9. The number of carbonyl (C=O) groups is 1. The fourth-order valence-corrected chi connectivity index (χ4v) is 1.79. The number of phenols is 2. The normalized spacial score (nSPS) is 15.6. The van der Waals surface area contributed by atoms with Crippen molar-refractivity contribution in [2.24, 2.45) is 5.10 Å². The Balaban J connectivity index is 2.41. The fraction of sp³-hybridized carbons (Fsp3) is 0.200. The van der Waals surface area contributed by atoms with Crippen LogP contribution in [0.4, 0.5) is 0 Å². The summed E-state index contributed by atoms with van der Waals surface area (Å²) in [5.41, 5.74) is 3.45. The number of hydrazone groups is 1. The van der Waals surface area contributed by atoms with Crippen LogP contribution < -0.4 is 5.43 Å². The molecule has 0 unspecified atom stereocenters. The van der Waals surface area contributed by atoms with E-state index in [1.165, 1.54) is 6.07 Å². The molecule has 0 saturated heterocycles. The van der Waals surface area contributed by atoms with Crippen LogP contribution in [0.5, 0.6) is 11.5 Å². The average molecular weight is 285 g/mol. The highest BCUT2D eigenvalue weighted by atomic mass is 79.9. The molecule has 1 heterocycles. The molecule has 0 atom stereocenters. The minimum Gasteiger partial charge on any atom is -0.507 e. The lowest BCUT2D eigenvalue weighted by molar-refractivity contribution is -0.121. The van der Waals surface area contributed by atoms with E-state index in [4.69, 9.17) is 0 Å². The molecule has 2 rings (SSSR count). The molecule has 1 aliphatic rings. The van der Waals surface area contributed by atoms with Crippen LogP contribution in [0.15, 0.2) is 21.7 Å². The second kappa shape index (κ2) is 4.13. The van der Waals surface area contributed by atoms with Gasteiger partial charge in [0.2, 0.25) is 5.91 Å². The summed E-state index contributed by atoms with van der Waals surface area (Å²) < 4.78 is 0.472. The van der Waals surface area contributed by atoms with Crippen LogP contribution in [-0.2, 0) is 4.79 Å². The van der Waals surface area contributed by atoms with Crippen LogP contribution in [-0.4, -0.2) is 21.8 Å². The number of amides is 1. The van der Waals surface area contributed by atoms with Crippen LogP contribution >= 0.6 is 15.9 Å². The predicted molar refractivity (Wildman–Crippen MR) is 61.4 cm³/mol. The van der Waals surface area contributed by atoms with Gasteiger partial charge in [0.25, 0.3) is 0 Å². The third-order valence-corrected chi connectivity index (χ3v) is 2.92. The molecule has 1 amide bonds. The van der Waals surface area contributed by atoms with Crippen LogP contribution in [0.2, 0.25) is 0 Å². The number of carbonyl (C=O) groups excluding carboxylic acids is 1. The summed E-state index contributed by atoms with van der Waals surface area (Å²) in [6.07, 6.45) is 0.813. The number of phenolic OH excluding ortho intramolecular Hbond substituents is 2. The van der Waals surface area contributed by atoms with E-state index >= 15 is 0 Å². The minimum atomic E-state index is -0.138. The van der Waals surface area contributed by atoms with Gasteiger partial charge >= 0.3 is 0 Å². The van der Waals surface area contributed by atoms with Gasteiger partial charge in [0, 0.05) is 24.5 Å². The van der Waals surface area contributed by atoms with E-state index in [-0.39, 0.29) is 17.4 Å². The van der Waals surface area contributed by atoms with Crippen molar-refractivity contribution >= 4 is 27.5 Å². The maximum atomic E-state index is 10.9. The molecule has 84 valence electrons. The largest absolute Gasteiger partial charge is 0.507 e. The maximum absolute atomic E-state index is 10.9. The van der Waals surface area contributed by atoms with Crippen molar-refractivity contribution in [2.45, 2.75) is 12.8 Å². The summed E-state index contributed by atoms with van der Waals surface area (Å²) in [6.45, 7) is 0. The highest BCUT2D eigenvalue weighted by Crippen LogP contribution is 2.32. The number of rotatable bonds is 1. The monoisotopic (exact) mass is 284 g/mol. The van der Waals surface area contributed by atoms with Crippen LogP contribution in [0.25, 0.3) is 0 Å². The lowest BCUT2D eigenvalue weighted by atomic mass is 10.0. The number of nitrogens with zero attached hydrogens (tertiary/aromatic N) is 1. The molecule has 0 spiro atoms. The first-order valence-corrected chi connectivity index (χ1v) is 5.44. The maximum Gasteiger partial charge on any atom is 0.240 e. The third kappa shape index (κ3) is 2.01. The highest BCUT2D eigenvalue weighted by Gasteiger charge is 2.17. The van der Waals surface area contributed by atoms with Crippen LogP contribution in [0.3, 0.4) is 0 Å². The standard InChI is InChI=1S/C10H9BrN2O3/c11-6-3-5(8(14)4-9(6)15)7-1-2-10(16)13-12-7/h3-4,14-15H,1-2H2,(H,13,16). The van der Waals surface area contributed by atoms with E-state index in [1.807, 2.05) is 0 Å². The van der Waals surface area contributed by atoms with E-state index < -0.39 is 0 Å². The first kappa shape index (κ1) is 10.9. The zero-order valence-corrected chi connectivity index (χ0v) is 9.78. The summed E-state index contributed by atoms with van der Waals surface area (Å²) >= 11 is 3.16. The van der Waals surface area contributed by atoms with E-state index in [0.717, 1.165) is 0 Å². The van der Waals surface area contributed by atoms with Gasteiger partial charge in [-0.15, -0.1) is 0 Å². The van der Waals surface area contributed by atoms with Crippen molar-refractivity contribution in [3.8, 4) is 11.5 Å². The van der Waals surface area contributed by atoms with Crippen molar-refractivity contribution < 1.29 is 15.0 Å². The van der Waals surface area contributed by atoms with Crippen molar-refractivity contribution in [1.82, 2.24) is 5.43 Å². The molecule has 1 aliphatic heterocycles. The number of aromatic hydroxyl groups is 2. The topological polar surface area (TPSA) is 81.9 Å². The van der Waals surface area contributed by atoms with E-state index in [1.54, 1.807) is 6.07 Å². The van der Waals surface area contributed by atoms with Crippen molar-refractivity contribution in [2.75, 3.05) is 0 Å². The van der Waals surface area contributed by atoms with E-state index in [2.05, 4.69) is 26.5 Å². The van der Waals surface area contributed by atoms with Gasteiger partial charge in [-0.3, -0.25) is 4.79 Å². The molecular weight excluding hydrogens is 276 g/mol. The molecule has 1 aromatic carbocycles. The zero-order valence-electron chi connectivity index (χ0n) is 8.20. The van der Waals surface area contributed by atoms with Crippen LogP contribution in [0, 0.1) is 0 Å². The Hall–Kier alpha value is -1.56. The summed E-state index contributed by atoms with van der Waals surface area (Å²) in [7, 11) is 0. The molecule has 0 aromatic heterocycles. The lowest BCUT2D eigenvalue weighted by Crippen LogP contribution is -2.25. The molecule has 0 bridgehead atoms. The smallest absolute Gasteiger partial charge is 0.240 e. The molecule has 3 N–H and O–H groups in total. The molecular formula is C10H9BrN2O3. The predicted octanol–water partition coefficient (Wildman–Crippen LogP) is 1.47. The van der Waals surface area contributed by atoms with Gasteiger partial charge in [-0.05, 0) is 22.0 Å². The Kier molecular flexibility index (Phi) is 2.82. The second-order valence-corrected chi connectivity index (χ2v) is 4.27. The number of hydrogen-bond donors (Lipinski definition) is 3. The molecule has 16 heavy (non-hydrogen) atoms. The Labute approximate surface area is 99.9 Å². The Bertz CT molecular complexity index is 485. The highest BCUT2D eigenvalue weighted by molar-refractivity contribution is 9.10. The third-order valence-electron chi connectivity index (χ3n) is 2.28. The molecule has 6 heteroatoms. The van der Waals surface area contributed by atoms with Crippen molar-refractivity contribution in [3.05, 3.63) is 22.2 Å². The minimum absolute atomic E-state index is 0.0401. The van der Waals surface area contributed by atoms with Gasteiger partial charge in [-0.1, -0.05) is 0 Å². The quantitative estimate of drug-likeness (QED) is 0.730. The number of halogens is 1. The van der Waals surface area contributed by atoms with Crippen LogP contribution in [0.1, 0.15) is 18.4 Å². The Morgan fingerprint density at radius 1 is 1.25 bits per heavy atom. The van der Waals surface area contributed by atoms with Gasteiger partial charge in [-0.2, -0.15) is 5.10 Å². The van der Waals surface area contributed by atoms with Gasteiger partial charge in [0.15, 0.2) is 0 Å². The summed E-state index contributed by atoms with van der Waals surface area (Å²) in [5.74, 6) is -0.238. The van der Waals surface area contributed by atoms with Gasteiger partial charge in [0.05, 0.1) is 10.2 Å². The summed E-state index contributed by atoms with van der Waals surface area (Å²) in [5, 5.41) is 22.9. The Morgan fingerprint density at radius 2 is 2.00 bits per heavy atom. The summed E-state index contributed by atoms with van der Waals surface area (Å²) in [6, 6.07) is 2.80. The van der Waals surface area contributed by atoms with E-state index in [9.17, 15) is 15.0 Å². The Morgan fingerprint density at radius 3 is 2.62 bits per heavy atom. The molecule has 0 aliphatic carbocycles. The van der Waals surface area contributed by atoms with Gasteiger partial charge in [0.1, 0.15) is 11.5 Å². The van der Waals surface area contributed by atoms with Gasteiger partial charge in [-0.25, -0.2) is 5.43 Å². The van der Waals surface area contributed by atoms with Gasteiger partial charge < -0.3 is 10.2 Å². The number of benzene rings is 1. The SMILES string of the molecule is O=C1CCC(c2cc(Br)c(O)cc2O)=NN1. The zero-order chi connectivity index (χ0) is 11.7. The number of hydrogen-bond acceptors (Lipinski definition) is 4. The van der Waals surface area contributed by atoms with Crippen molar-refractivity contribution in [3.63, 3.8) is 0 Å². The molecule has 1 aromatic rings. The fourth-order valence-electron chi connectivity index (χ4n) is 1.45. The molecule has 5 nitrogen and oxygen atoms in total. The van der Waals surface area contributed by atoms with Crippen molar-refractivity contribution in [1.29, 1.82) is 0 Å². The second-order valence-electron chi connectivity index (χ2n) is 3.41. The molecule has 0 saturated carbocycles. The molecule has 0 fully saturated rings. The molecule has 0 radical (unpaired) electrons. The average Bonchev–Trinajstić information content (AvgIpc) is 2.25.